The van der Waals surface area contributed by atoms with E-state index in [1.54, 1.807) is 12.1 Å². The zero-order chi connectivity index (χ0) is 15.9. The zero-order valence-corrected chi connectivity index (χ0v) is 14.9. The van der Waals surface area contributed by atoms with Crippen LogP contribution in [0.4, 0.5) is 0 Å². The summed E-state index contributed by atoms with van der Waals surface area (Å²) in [5.74, 6) is 0.103. The number of rotatable bonds is 7. The second-order valence-electron chi connectivity index (χ2n) is 4.95. The van der Waals surface area contributed by atoms with Crippen molar-refractivity contribution in [2.24, 2.45) is 0 Å². The minimum absolute atomic E-state index is 0. The van der Waals surface area contributed by atoms with Crippen LogP contribution >= 0.6 is 24.0 Å². The summed E-state index contributed by atoms with van der Waals surface area (Å²) in [4.78, 5) is 14.3. The normalized spacial score (nSPS) is 11.8. The van der Waals surface area contributed by atoms with Crippen molar-refractivity contribution in [3.8, 4) is 0 Å². The van der Waals surface area contributed by atoms with Crippen LogP contribution in [0.25, 0.3) is 0 Å². The van der Waals surface area contributed by atoms with Crippen LogP contribution in [0.5, 0.6) is 0 Å². The third-order valence-corrected chi connectivity index (χ3v) is 4.06. The van der Waals surface area contributed by atoms with E-state index in [1.165, 1.54) is 6.26 Å². The Morgan fingerprint density at radius 3 is 2.48 bits per heavy atom. The van der Waals surface area contributed by atoms with Crippen LogP contribution in [0.1, 0.15) is 36.0 Å². The predicted molar refractivity (Wildman–Crippen MR) is 95.4 cm³/mol. The molecule has 1 atom stereocenters. The largest absolute Gasteiger partial charge is 0.459 e. The standard InChI is InChI=1S/C17H21ClN2O2.ClH/c1-3-20(4-2)15(13-8-5-6-9-14(13)18)12-19-17(21)16-10-7-11-22-16;/h5-11,15H,3-4,12H2,1-2H3,(H,19,21);1H. The summed E-state index contributed by atoms with van der Waals surface area (Å²) in [6.45, 7) is 6.43. The molecule has 1 aromatic heterocycles. The third-order valence-electron chi connectivity index (χ3n) is 3.72. The molecule has 1 aromatic carbocycles. The van der Waals surface area contributed by atoms with Crippen LogP contribution in [-0.4, -0.2) is 30.4 Å². The molecule has 0 aliphatic rings. The first-order valence-corrected chi connectivity index (χ1v) is 7.85. The molecule has 4 nitrogen and oxygen atoms in total. The molecule has 0 saturated carbocycles. The molecule has 0 aliphatic carbocycles. The number of likely N-dealkylation sites (N-methyl/N-ethyl adjacent to an activating group) is 1. The predicted octanol–water partition coefficient (Wildman–Crippen LogP) is 4.17. The molecular weight excluding hydrogens is 335 g/mol. The van der Waals surface area contributed by atoms with Crippen molar-refractivity contribution in [3.63, 3.8) is 0 Å². The topological polar surface area (TPSA) is 45.5 Å². The number of amides is 1. The number of nitrogens with one attached hydrogen (secondary N) is 1. The minimum atomic E-state index is -0.214. The summed E-state index contributed by atoms with van der Waals surface area (Å²) < 4.78 is 5.12. The molecule has 0 saturated heterocycles. The second kappa shape index (κ2) is 9.60. The third kappa shape index (κ3) is 4.99. The maximum Gasteiger partial charge on any atom is 0.287 e. The molecule has 1 unspecified atom stereocenters. The van der Waals surface area contributed by atoms with E-state index >= 15 is 0 Å². The number of hydrogen-bond acceptors (Lipinski definition) is 3. The van der Waals surface area contributed by atoms with Gasteiger partial charge in [0.2, 0.25) is 0 Å². The van der Waals surface area contributed by atoms with Crippen molar-refractivity contribution in [1.82, 2.24) is 10.2 Å². The zero-order valence-electron chi connectivity index (χ0n) is 13.3. The van der Waals surface area contributed by atoms with Crippen LogP contribution in [-0.2, 0) is 0 Å². The molecule has 126 valence electrons. The fourth-order valence-electron chi connectivity index (χ4n) is 2.53. The van der Waals surface area contributed by atoms with Crippen LogP contribution in [0.3, 0.4) is 0 Å². The van der Waals surface area contributed by atoms with E-state index in [0.29, 0.717) is 17.3 Å². The van der Waals surface area contributed by atoms with Gasteiger partial charge in [-0.1, -0.05) is 43.6 Å². The van der Waals surface area contributed by atoms with Crippen molar-refractivity contribution in [1.29, 1.82) is 0 Å². The first-order valence-electron chi connectivity index (χ1n) is 7.47. The van der Waals surface area contributed by atoms with Crippen molar-refractivity contribution < 1.29 is 9.21 Å². The lowest BCUT2D eigenvalue weighted by atomic mass is 10.0. The maximum atomic E-state index is 12.1. The van der Waals surface area contributed by atoms with Crippen molar-refractivity contribution in [3.05, 3.63) is 59.0 Å². The summed E-state index contributed by atoms with van der Waals surface area (Å²) in [6.07, 6.45) is 1.49. The van der Waals surface area contributed by atoms with Gasteiger partial charge in [-0.2, -0.15) is 0 Å². The molecule has 1 heterocycles. The summed E-state index contributed by atoms with van der Waals surface area (Å²) in [5, 5.41) is 3.64. The Kier molecular flexibility index (Phi) is 8.17. The van der Waals surface area contributed by atoms with Gasteiger partial charge < -0.3 is 9.73 Å². The van der Waals surface area contributed by atoms with Crippen molar-refractivity contribution in [2.75, 3.05) is 19.6 Å². The lowest BCUT2D eigenvalue weighted by Crippen LogP contribution is -2.38. The molecule has 2 rings (SSSR count). The lowest BCUT2D eigenvalue weighted by Gasteiger charge is -2.30. The molecule has 0 fully saturated rings. The van der Waals surface area contributed by atoms with Crippen molar-refractivity contribution in [2.45, 2.75) is 19.9 Å². The smallest absolute Gasteiger partial charge is 0.287 e. The fraction of sp³-hybridized carbons (Fsp3) is 0.353. The second-order valence-corrected chi connectivity index (χ2v) is 5.35. The Bertz CT molecular complexity index is 598. The molecule has 23 heavy (non-hydrogen) atoms. The van der Waals surface area contributed by atoms with Crippen molar-refractivity contribution >= 4 is 29.9 Å². The molecule has 1 amide bonds. The van der Waals surface area contributed by atoms with E-state index in [2.05, 4.69) is 24.1 Å². The van der Waals surface area contributed by atoms with Gasteiger partial charge in [0.05, 0.1) is 12.3 Å². The van der Waals surface area contributed by atoms with Gasteiger partial charge in [0.15, 0.2) is 5.76 Å². The fourth-order valence-corrected chi connectivity index (χ4v) is 2.79. The quantitative estimate of drug-likeness (QED) is 0.809. The molecule has 2 aromatic rings. The molecule has 0 aliphatic heterocycles. The number of carbonyl (C=O) groups excluding carboxylic acids is 1. The molecule has 0 spiro atoms. The summed E-state index contributed by atoms with van der Waals surface area (Å²) in [7, 11) is 0. The van der Waals surface area contributed by atoms with Gasteiger partial charge in [-0.25, -0.2) is 0 Å². The number of halogens is 2. The summed E-state index contributed by atoms with van der Waals surface area (Å²) >= 11 is 6.33. The van der Waals surface area contributed by atoms with Gasteiger partial charge in [0.1, 0.15) is 0 Å². The number of hydrogen-bond donors (Lipinski definition) is 1. The average Bonchev–Trinajstić information content (AvgIpc) is 3.06. The number of nitrogens with zero attached hydrogens (tertiary/aromatic N) is 1. The molecule has 1 N–H and O–H groups in total. The van der Waals surface area contributed by atoms with Gasteiger partial charge in [0.25, 0.3) is 5.91 Å². The van der Waals surface area contributed by atoms with E-state index in [1.807, 2.05) is 24.3 Å². The maximum absolute atomic E-state index is 12.1. The highest BCUT2D eigenvalue weighted by molar-refractivity contribution is 6.31. The Labute approximate surface area is 148 Å². The average molecular weight is 357 g/mol. The number of carbonyl (C=O) groups is 1. The van der Waals surface area contributed by atoms with Crippen LogP contribution in [0, 0.1) is 0 Å². The van der Waals surface area contributed by atoms with Gasteiger partial charge in [-0.3, -0.25) is 9.69 Å². The molecular formula is C17H22Cl2N2O2. The van der Waals surface area contributed by atoms with E-state index in [4.69, 9.17) is 16.0 Å². The van der Waals surface area contributed by atoms with Crippen LogP contribution in [0.15, 0.2) is 47.1 Å². The van der Waals surface area contributed by atoms with E-state index < -0.39 is 0 Å². The lowest BCUT2D eigenvalue weighted by molar-refractivity contribution is 0.0907. The summed E-state index contributed by atoms with van der Waals surface area (Å²) in [6, 6.07) is 11.1. The SMILES string of the molecule is CCN(CC)C(CNC(=O)c1ccco1)c1ccccc1Cl.Cl. The van der Waals surface area contributed by atoms with Gasteiger partial charge in [-0.05, 0) is 36.9 Å². The Morgan fingerprint density at radius 1 is 1.22 bits per heavy atom. The van der Waals surface area contributed by atoms with E-state index in [9.17, 15) is 4.79 Å². The van der Waals surface area contributed by atoms with Crippen LogP contribution in [0.2, 0.25) is 5.02 Å². The highest BCUT2D eigenvalue weighted by Gasteiger charge is 2.21. The van der Waals surface area contributed by atoms with Crippen LogP contribution < -0.4 is 5.32 Å². The van der Waals surface area contributed by atoms with Gasteiger partial charge in [0, 0.05) is 11.6 Å². The first-order chi connectivity index (χ1) is 10.7. The highest BCUT2D eigenvalue weighted by Crippen LogP contribution is 2.27. The highest BCUT2D eigenvalue weighted by atomic mass is 35.5. The van der Waals surface area contributed by atoms with Gasteiger partial charge in [-0.15, -0.1) is 12.4 Å². The summed E-state index contributed by atoms with van der Waals surface area (Å²) in [5.41, 5.74) is 1.02. The Morgan fingerprint density at radius 2 is 1.91 bits per heavy atom. The monoisotopic (exact) mass is 356 g/mol. The Hall–Kier alpha value is -1.49. The minimum Gasteiger partial charge on any atom is -0.459 e. The van der Waals surface area contributed by atoms with E-state index in [-0.39, 0.29) is 24.4 Å². The number of furan rings is 1. The van der Waals surface area contributed by atoms with E-state index in [0.717, 1.165) is 18.7 Å². The number of benzene rings is 1. The first kappa shape index (κ1) is 19.6. The Balaban J connectivity index is 0.00000264. The molecule has 0 radical (unpaired) electrons. The molecule has 0 bridgehead atoms. The van der Waals surface area contributed by atoms with Gasteiger partial charge >= 0.3 is 0 Å². The molecule has 6 heteroatoms.